The Bertz CT molecular complexity index is 1150. The SMILES string of the molecule is COc1ccc(C)cc1[C@@H](C)CC(=O)Nc1sc2c(c1C#N)CCN(C(=O)OCCOC(C)=O)C2. The fraction of sp³-hybridized carbons (Fsp3) is 0.440. The number of aryl methyl sites for hydroxylation is 1. The van der Waals surface area contributed by atoms with Crippen LogP contribution < -0.4 is 10.1 Å². The van der Waals surface area contributed by atoms with E-state index in [0.29, 0.717) is 23.5 Å². The van der Waals surface area contributed by atoms with Crippen LogP contribution in [0.4, 0.5) is 9.80 Å². The van der Waals surface area contributed by atoms with Gasteiger partial charge in [0, 0.05) is 24.8 Å². The lowest BCUT2D eigenvalue weighted by molar-refractivity contribution is -0.142. The number of ether oxygens (including phenoxy) is 3. The summed E-state index contributed by atoms with van der Waals surface area (Å²) in [5, 5.41) is 13.1. The summed E-state index contributed by atoms with van der Waals surface area (Å²) in [5.41, 5.74) is 3.34. The summed E-state index contributed by atoms with van der Waals surface area (Å²) in [7, 11) is 1.61. The molecule has 1 atom stereocenters. The van der Waals surface area contributed by atoms with E-state index in [-0.39, 0.29) is 38.0 Å². The molecule has 1 N–H and O–H groups in total. The van der Waals surface area contributed by atoms with E-state index in [1.165, 1.54) is 23.2 Å². The minimum absolute atomic E-state index is 0.000766. The van der Waals surface area contributed by atoms with Gasteiger partial charge in [0.25, 0.3) is 0 Å². The topological polar surface area (TPSA) is 118 Å². The van der Waals surface area contributed by atoms with Crippen LogP contribution in [0.5, 0.6) is 5.75 Å². The van der Waals surface area contributed by atoms with Crippen LogP contribution in [0.15, 0.2) is 18.2 Å². The number of nitrogens with one attached hydrogen (secondary N) is 1. The van der Waals surface area contributed by atoms with Crippen LogP contribution in [0.3, 0.4) is 0 Å². The number of fused-ring (bicyclic) bond motifs is 1. The Balaban J connectivity index is 1.64. The van der Waals surface area contributed by atoms with Crippen LogP contribution in [0, 0.1) is 18.3 Å². The molecule has 2 heterocycles. The van der Waals surface area contributed by atoms with Crippen molar-refractivity contribution in [2.24, 2.45) is 0 Å². The van der Waals surface area contributed by atoms with E-state index in [9.17, 15) is 19.6 Å². The molecule has 1 aliphatic rings. The summed E-state index contributed by atoms with van der Waals surface area (Å²) in [4.78, 5) is 38.4. The molecule has 1 aliphatic heterocycles. The first kappa shape index (κ1) is 26.0. The first-order chi connectivity index (χ1) is 16.7. The number of nitrogens with zero attached hydrogens (tertiary/aromatic N) is 2. The number of carbonyl (C=O) groups excluding carboxylic acids is 3. The molecule has 1 aromatic carbocycles. The Hall–Kier alpha value is -3.58. The van der Waals surface area contributed by atoms with Gasteiger partial charge in [-0.1, -0.05) is 24.6 Å². The molecule has 0 saturated carbocycles. The zero-order valence-corrected chi connectivity index (χ0v) is 21.1. The Labute approximate surface area is 208 Å². The van der Waals surface area contributed by atoms with Crippen LogP contribution in [-0.2, 0) is 32.0 Å². The maximum absolute atomic E-state index is 12.9. The number of methoxy groups -OCH3 is 1. The van der Waals surface area contributed by atoms with Crippen molar-refractivity contribution < 1.29 is 28.6 Å². The quantitative estimate of drug-likeness (QED) is 0.429. The van der Waals surface area contributed by atoms with Crippen LogP contribution in [0.2, 0.25) is 0 Å². The van der Waals surface area contributed by atoms with Crippen molar-refractivity contribution >= 4 is 34.3 Å². The van der Waals surface area contributed by atoms with Crippen molar-refractivity contribution in [3.63, 3.8) is 0 Å². The van der Waals surface area contributed by atoms with Crippen LogP contribution in [-0.4, -0.2) is 49.7 Å². The summed E-state index contributed by atoms with van der Waals surface area (Å²) in [6.07, 6.45) is 0.204. The highest BCUT2D eigenvalue weighted by atomic mass is 32.1. The number of anilines is 1. The van der Waals surface area contributed by atoms with Gasteiger partial charge in [0.1, 0.15) is 30.0 Å². The number of esters is 1. The minimum Gasteiger partial charge on any atom is -0.496 e. The van der Waals surface area contributed by atoms with E-state index in [2.05, 4.69) is 11.4 Å². The molecule has 0 fully saturated rings. The first-order valence-electron chi connectivity index (χ1n) is 11.3. The molecular weight excluding hydrogens is 470 g/mol. The van der Waals surface area contributed by atoms with Gasteiger partial charge in [0.05, 0.1) is 19.2 Å². The van der Waals surface area contributed by atoms with Gasteiger partial charge in [-0.15, -0.1) is 11.3 Å². The highest BCUT2D eigenvalue weighted by molar-refractivity contribution is 7.16. The summed E-state index contributed by atoms with van der Waals surface area (Å²) in [5.74, 6) is 0.0217. The highest BCUT2D eigenvalue weighted by Crippen LogP contribution is 2.37. The van der Waals surface area contributed by atoms with Crippen molar-refractivity contribution in [1.29, 1.82) is 5.26 Å². The van der Waals surface area contributed by atoms with Crippen molar-refractivity contribution in [2.45, 2.75) is 46.1 Å². The number of hydrogen-bond acceptors (Lipinski definition) is 8. The molecule has 0 bridgehead atoms. The number of nitriles is 1. The average Bonchev–Trinajstić information content (AvgIpc) is 3.17. The van der Waals surface area contributed by atoms with Gasteiger partial charge in [-0.05, 0) is 36.5 Å². The second-order valence-corrected chi connectivity index (χ2v) is 9.45. The van der Waals surface area contributed by atoms with Crippen LogP contribution >= 0.6 is 11.3 Å². The molecule has 2 amide bonds. The lowest BCUT2D eigenvalue weighted by Gasteiger charge is -2.26. The standard InChI is InChI=1S/C25H29N3O6S/c1-15-5-6-21(32-4)19(11-15)16(2)12-23(30)27-24-20(13-26)18-7-8-28(14-22(18)35-24)25(31)34-10-9-33-17(3)29/h5-6,11,16H,7-10,12,14H2,1-4H3,(H,27,30)/t16-/m0/s1. The molecule has 0 spiro atoms. The molecule has 0 aliphatic carbocycles. The maximum atomic E-state index is 12.9. The van der Waals surface area contributed by atoms with E-state index < -0.39 is 12.1 Å². The molecule has 35 heavy (non-hydrogen) atoms. The third-order valence-corrected chi connectivity index (χ3v) is 6.83. The maximum Gasteiger partial charge on any atom is 0.410 e. The van der Waals surface area contributed by atoms with E-state index in [4.69, 9.17) is 14.2 Å². The van der Waals surface area contributed by atoms with E-state index >= 15 is 0 Å². The molecule has 2 aromatic rings. The van der Waals surface area contributed by atoms with Crippen LogP contribution in [0.1, 0.15) is 53.3 Å². The zero-order chi connectivity index (χ0) is 25.5. The largest absolute Gasteiger partial charge is 0.496 e. The van der Waals surface area contributed by atoms with E-state index in [0.717, 1.165) is 27.3 Å². The third kappa shape index (κ3) is 6.51. The molecule has 0 saturated heterocycles. The molecular formula is C25H29N3O6S. The van der Waals surface area contributed by atoms with Crippen molar-refractivity contribution in [1.82, 2.24) is 4.90 Å². The minimum atomic E-state index is -0.513. The molecule has 186 valence electrons. The first-order valence-corrected chi connectivity index (χ1v) is 12.1. The fourth-order valence-corrected chi connectivity index (χ4v) is 5.21. The summed E-state index contributed by atoms with van der Waals surface area (Å²) >= 11 is 1.30. The van der Waals surface area contributed by atoms with Gasteiger partial charge < -0.3 is 24.4 Å². The number of amides is 2. The van der Waals surface area contributed by atoms with Gasteiger partial charge >= 0.3 is 12.1 Å². The molecule has 0 radical (unpaired) electrons. The summed E-state index contributed by atoms with van der Waals surface area (Å²) in [6, 6.07) is 8.08. The zero-order valence-electron chi connectivity index (χ0n) is 20.3. The van der Waals surface area contributed by atoms with Gasteiger partial charge in [-0.25, -0.2) is 4.79 Å². The monoisotopic (exact) mass is 499 g/mol. The Morgan fingerprint density at radius 1 is 1.26 bits per heavy atom. The normalized spacial score (nSPS) is 13.3. The molecule has 3 rings (SSSR count). The third-order valence-electron chi connectivity index (χ3n) is 5.70. The predicted octanol–water partition coefficient (Wildman–Crippen LogP) is 4.13. The Kier molecular flexibility index (Phi) is 8.71. The number of benzene rings is 1. The Morgan fingerprint density at radius 2 is 2.00 bits per heavy atom. The smallest absolute Gasteiger partial charge is 0.410 e. The number of rotatable bonds is 8. The van der Waals surface area contributed by atoms with Crippen molar-refractivity contribution in [2.75, 3.05) is 32.2 Å². The second kappa shape index (κ2) is 11.7. The lowest BCUT2D eigenvalue weighted by atomic mass is 9.95. The lowest BCUT2D eigenvalue weighted by Crippen LogP contribution is -2.36. The van der Waals surface area contributed by atoms with Gasteiger partial charge in [0.15, 0.2) is 0 Å². The van der Waals surface area contributed by atoms with Gasteiger partial charge in [-0.3, -0.25) is 9.59 Å². The predicted molar refractivity (Wildman–Crippen MR) is 131 cm³/mol. The van der Waals surface area contributed by atoms with Gasteiger partial charge in [-0.2, -0.15) is 5.26 Å². The molecule has 9 nitrogen and oxygen atoms in total. The van der Waals surface area contributed by atoms with Gasteiger partial charge in [0.2, 0.25) is 5.91 Å². The van der Waals surface area contributed by atoms with E-state index in [1.54, 1.807) is 7.11 Å². The highest BCUT2D eigenvalue weighted by Gasteiger charge is 2.28. The second-order valence-electron chi connectivity index (χ2n) is 8.34. The number of hydrogen-bond donors (Lipinski definition) is 1. The number of thiophene rings is 1. The molecule has 1 aromatic heterocycles. The van der Waals surface area contributed by atoms with Crippen LogP contribution in [0.25, 0.3) is 0 Å². The summed E-state index contributed by atoms with van der Waals surface area (Å²) < 4.78 is 15.4. The van der Waals surface area contributed by atoms with Crippen molar-refractivity contribution in [3.05, 3.63) is 45.3 Å². The summed E-state index contributed by atoms with van der Waals surface area (Å²) in [6.45, 7) is 5.89. The Morgan fingerprint density at radius 3 is 2.69 bits per heavy atom. The fourth-order valence-electron chi connectivity index (χ4n) is 3.98. The van der Waals surface area contributed by atoms with Crippen molar-refractivity contribution in [3.8, 4) is 11.8 Å². The number of carbonyl (C=O) groups is 3. The average molecular weight is 500 g/mol. The van der Waals surface area contributed by atoms with E-state index in [1.807, 2.05) is 32.0 Å². The molecule has 10 heteroatoms. The molecule has 0 unspecified atom stereocenters.